The molecule has 4 heteroatoms. The number of hydrogen-bond donors (Lipinski definition) is 1. The molecule has 2 aromatic rings. The van der Waals surface area contributed by atoms with Gasteiger partial charge in [-0.3, -0.25) is 0 Å². The molecular weight excluding hydrogens is 266 g/mol. The standard InChI is InChI=1S/C16H23N3S/c1-9-8-13-14(17)6-5-7-15(13)19(9)11(3)16-10(2)18-12(4)20-16/h8,11,14H,5-7,17H2,1-4H3. The van der Waals surface area contributed by atoms with Crippen LogP contribution in [0.25, 0.3) is 0 Å². The van der Waals surface area contributed by atoms with Crippen molar-refractivity contribution in [1.29, 1.82) is 0 Å². The summed E-state index contributed by atoms with van der Waals surface area (Å²) < 4.78 is 2.48. The Kier molecular flexibility index (Phi) is 3.46. The highest BCUT2D eigenvalue weighted by molar-refractivity contribution is 7.11. The molecule has 2 N–H and O–H groups in total. The summed E-state index contributed by atoms with van der Waals surface area (Å²) >= 11 is 1.82. The Labute approximate surface area is 124 Å². The van der Waals surface area contributed by atoms with Gasteiger partial charge in [0.25, 0.3) is 0 Å². The molecule has 108 valence electrons. The smallest absolute Gasteiger partial charge is 0.0900 e. The molecule has 2 heterocycles. The number of fused-ring (bicyclic) bond motifs is 1. The molecule has 0 saturated carbocycles. The molecule has 0 spiro atoms. The van der Waals surface area contributed by atoms with Crippen molar-refractivity contribution in [2.45, 2.75) is 59.0 Å². The molecule has 0 saturated heterocycles. The zero-order valence-corrected chi connectivity index (χ0v) is 13.5. The van der Waals surface area contributed by atoms with E-state index in [1.165, 1.54) is 33.9 Å². The van der Waals surface area contributed by atoms with Crippen molar-refractivity contribution >= 4 is 11.3 Å². The minimum Gasteiger partial charge on any atom is -0.341 e. The van der Waals surface area contributed by atoms with E-state index in [2.05, 4.69) is 43.3 Å². The van der Waals surface area contributed by atoms with E-state index in [0.29, 0.717) is 6.04 Å². The summed E-state index contributed by atoms with van der Waals surface area (Å²) in [5.41, 5.74) is 11.6. The molecule has 1 aliphatic carbocycles. The number of thiazole rings is 1. The molecule has 0 fully saturated rings. The van der Waals surface area contributed by atoms with Crippen LogP contribution in [0.4, 0.5) is 0 Å². The predicted octanol–water partition coefficient (Wildman–Crippen LogP) is 3.82. The van der Waals surface area contributed by atoms with E-state index >= 15 is 0 Å². The van der Waals surface area contributed by atoms with Crippen LogP contribution < -0.4 is 5.73 Å². The van der Waals surface area contributed by atoms with Crippen LogP contribution in [0.1, 0.15) is 64.4 Å². The minimum atomic E-state index is 0.218. The Morgan fingerprint density at radius 2 is 2.15 bits per heavy atom. The van der Waals surface area contributed by atoms with Crippen LogP contribution in [-0.2, 0) is 6.42 Å². The second-order valence-corrected chi connectivity index (χ2v) is 7.15. The second kappa shape index (κ2) is 5.01. The first-order valence-electron chi connectivity index (χ1n) is 7.39. The molecule has 0 bridgehead atoms. The molecular formula is C16H23N3S. The second-order valence-electron chi connectivity index (χ2n) is 5.91. The lowest BCUT2D eigenvalue weighted by molar-refractivity contribution is 0.523. The lowest BCUT2D eigenvalue weighted by Gasteiger charge is -2.24. The average Bonchev–Trinajstić information content (AvgIpc) is 2.89. The Morgan fingerprint density at radius 3 is 2.80 bits per heavy atom. The first-order valence-corrected chi connectivity index (χ1v) is 8.20. The Hall–Kier alpha value is -1.13. The largest absolute Gasteiger partial charge is 0.341 e. The lowest BCUT2D eigenvalue weighted by Crippen LogP contribution is -2.20. The summed E-state index contributed by atoms with van der Waals surface area (Å²) in [5, 5.41) is 1.15. The normalized spacial score (nSPS) is 19.9. The predicted molar refractivity (Wildman–Crippen MR) is 84.4 cm³/mol. The van der Waals surface area contributed by atoms with Gasteiger partial charge in [0.05, 0.1) is 21.6 Å². The van der Waals surface area contributed by atoms with Crippen LogP contribution in [0, 0.1) is 20.8 Å². The van der Waals surface area contributed by atoms with Gasteiger partial charge in [0.15, 0.2) is 0 Å². The third kappa shape index (κ3) is 2.11. The Bertz CT molecular complexity index is 638. The number of hydrogen-bond acceptors (Lipinski definition) is 3. The third-order valence-corrected chi connectivity index (χ3v) is 5.65. The highest BCUT2D eigenvalue weighted by atomic mass is 32.1. The number of rotatable bonds is 2. The molecule has 0 radical (unpaired) electrons. The van der Waals surface area contributed by atoms with Gasteiger partial charge >= 0.3 is 0 Å². The Balaban J connectivity index is 2.08. The third-order valence-electron chi connectivity index (χ3n) is 4.40. The molecule has 2 atom stereocenters. The summed E-state index contributed by atoms with van der Waals surface area (Å²) in [6.07, 6.45) is 3.46. The van der Waals surface area contributed by atoms with Crippen molar-refractivity contribution < 1.29 is 0 Å². The molecule has 3 rings (SSSR count). The average molecular weight is 289 g/mol. The highest BCUT2D eigenvalue weighted by Gasteiger charge is 2.26. The molecule has 20 heavy (non-hydrogen) atoms. The first kappa shape index (κ1) is 13.8. The van der Waals surface area contributed by atoms with Gasteiger partial charge in [0, 0.05) is 17.4 Å². The fraction of sp³-hybridized carbons (Fsp3) is 0.562. The summed E-state index contributed by atoms with van der Waals surface area (Å²) in [6, 6.07) is 2.87. The van der Waals surface area contributed by atoms with Gasteiger partial charge in [-0.05, 0) is 58.6 Å². The fourth-order valence-corrected chi connectivity index (χ4v) is 4.52. The summed E-state index contributed by atoms with van der Waals surface area (Å²) in [4.78, 5) is 5.96. The number of nitrogens with two attached hydrogens (primary N) is 1. The van der Waals surface area contributed by atoms with Crippen LogP contribution in [-0.4, -0.2) is 9.55 Å². The zero-order chi connectivity index (χ0) is 14.4. The number of nitrogens with zero attached hydrogens (tertiary/aromatic N) is 2. The lowest BCUT2D eigenvalue weighted by atomic mass is 9.93. The van der Waals surface area contributed by atoms with E-state index in [9.17, 15) is 0 Å². The summed E-state index contributed by atoms with van der Waals surface area (Å²) in [6.45, 7) is 8.69. The van der Waals surface area contributed by atoms with E-state index in [4.69, 9.17) is 5.73 Å². The van der Waals surface area contributed by atoms with Gasteiger partial charge in [-0.2, -0.15) is 0 Å². The monoisotopic (exact) mass is 289 g/mol. The van der Waals surface area contributed by atoms with Crippen LogP contribution in [0.15, 0.2) is 6.07 Å². The molecule has 2 aromatic heterocycles. The van der Waals surface area contributed by atoms with Gasteiger partial charge in [-0.15, -0.1) is 11.3 Å². The SMILES string of the molecule is Cc1nc(C)c(C(C)n2c(C)cc3c2CCCC3N)s1. The van der Waals surface area contributed by atoms with E-state index in [1.54, 1.807) is 0 Å². The van der Waals surface area contributed by atoms with Gasteiger partial charge in [0.1, 0.15) is 0 Å². The minimum absolute atomic E-state index is 0.218. The molecule has 0 aliphatic heterocycles. The summed E-state index contributed by atoms with van der Waals surface area (Å²) in [7, 11) is 0. The van der Waals surface area contributed by atoms with Gasteiger partial charge in [-0.1, -0.05) is 0 Å². The molecule has 3 nitrogen and oxygen atoms in total. The highest BCUT2D eigenvalue weighted by Crippen LogP contribution is 2.36. The zero-order valence-electron chi connectivity index (χ0n) is 12.7. The summed E-state index contributed by atoms with van der Waals surface area (Å²) in [5.74, 6) is 0. The fourth-order valence-electron chi connectivity index (χ4n) is 3.55. The van der Waals surface area contributed by atoms with Crippen LogP contribution >= 0.6 is 11.3 Å². The van der Waals surface area contributed by atoms with Crippen LogP contribution in [0.3, 0.4) is 0 Å². The topological polar surface area (TPSA) is 43.8 Å². The molecule has 0 amide bonds. The maximum atomic E-state index is 6.28. The first-order chi connectivity index (χ1) is 9.49. The van der Waals surface area contributed by atoms with Crippen molar-refractivity contribution in [1.82, 2.24) is 9.55 Å². The van der Waals surface area contributed by atoms with Gasteiger partial charge in [0.2, 0.25) is 0 Å². The van der Waals surface area contributed by atoms with Crippen LogP contribution in [0.5, 0.6) is 0 Å². The van der Waals surface area contributed by atoms with Crippen molar-refractivity contribution in [2.75, 3.05) is 0 Å². The van der Waals surface area contributed by atoms with E-state index in [-0.39, 0.29) is 6.04 Å². The Morgan fingerprint density at radius 1 is 1.40 bits per heavy atom. The van der Waals surface area contributed by atoms with E-state index in [0.717, 1.165) is 17.8 Å². The van der Waals surface area contributed by atoms with Crippen molar-refractivity contribution in [2.24, 2.45) is 5.73 Å². The van der Waals surface area contributed by atoms with Gasteiger partial charge in [-0.25, -0.2) is 4.98 Å². The van der Waals surface area contributed by atoms with Crippen molar-refractivity contribution in [3.8, 4) is 0 Å². The maximum Gasteiger partial charge on any atom is 0.0900 e. The molecule has 1 aliphatic rings. The number of aryl methyl sites for hydroxylation is 3. The van der Waals surface area contributed by atoms with E-state index < -0.39 is 0 Å². The molecule has 0 aromatic carbocycles. The van der Waals surface area contributed by atoms with Gasteiger partial charge < -0.3 is 10.3 Å². The molecule has 2 unspecified atom stereocenters. The van der Waals surface area contributed by atoms with E-state index in [1.807, 2.05) is 11.3 Å². The maximum absolute atomic E-state index is 6.28. The van der Waals surface area contributed by atoms with Crippen molar-refractivity contribution in [3.05, 3.63) is 38.6 Å². The van der Waals surface area contributed by atoms with Crippen molar-refractivity contribution in [3.63, 3.8) is 0 Å². The quantitative estimate of drug-likeness (QED) is 0.913. The van der Waals surface area contributed by atoms with Crippen LogP contribution in [0.2, 0.25) is 0 Å². The number of aromatic nitrogens is 2.